The van der Waals surface area contributed by atoms with Crippen molar-refractivity contribution in [2.45, 2.75) is 20.3 Å². The molecule has 0 aromatic heterocycles. The first kappa shape index (κ1) is 15.8. The quantitative estimate of drug-likeness (QED) is 0.861. The molecule has 1 amide bonds. The van der Waals surface area contributed by atoms with Crippen molar-refractivity contribution in [3.05, 3.63) is 65.2 Å². The summed E-state index contributed by atoms with van der Waals surface area (Å²) in [6, 6.07) is 14.6. The van der Waals surface area contributed by atoms with Gasteiger partial charge >= 0.3 is 5.97 Å². The van der Waals surface area contributed by atoms with Gasteiger partial charge in [-0.2, -0.15) is 0 Å². The monoisotopic (exact) mass is 297 g/mol. The van der Waals surface area contributed by atoms with Crippen LogP contribution in [0.1, 0.15) is 28.4 Å². The zero-order chi connectivity index (χ0) is 15.9. The summed E-state index contributed by atoms with van der Waals surface area (Å²) in [6.45, 7) is 4.04. The lowest BCUT2D eigenvalue weighted by Gasteiger charge is -2.10. The Morgan fingerprint density at radius 2 is 1.73 bits per heavy atom. The molecule has 0 spiro atoms. The number of esters is 1. The number of nitrogens with one attached hydrogen (secondary N) is 1. The number of rotatable bonds is 5. The predicted molar refractivity (Wildman–Crippen MR) is 85.9 cm³/mol. The molecule has 0 atom stereocenters. The smallest absolute Gasteiger partial charge is 0.340 e. The second-order valence-electron chi connectivity index (χ2n) is 4.98. The van der Waals surface area contributed by atoms with Crippen LogP contribution in [-0.4, -0.2) is 18.5 Å². The number of hydrogen-bond donors (Lipinski definition) is 1. The van der Waals surface area contributed by atoms with Crippen LogP contribution in [0.25, 0.3) is 0 Å². The molecule has 0 heterocycles. The summed E-state index contributed by atoms with van der Waals surface area (Å²) in [5, 5.41) is 2.77. The number of aryl methyl sites for hydroxylation is 1. The molecule has 0 bridgehead atoms. The van der Waals surface area contributed by atoms with Gasteiger partial charge in [0.1, 0.15) is 0 Å². The predicted octanol–water partition coefficient (Wildman–Crippen LogP) is 3.35. The molecule has 2 aromatic carbocycles. The number of benzene rings is 2. The van der Waals surface area contributed by atoms with Crippen molar-refractivity contribution in [3.63, 3.8) is 0 Å². The van der Waals surface area contributed by atoms with E-state index in [9.17, 15) is 9.59 Å². The molecule has 2 rings (SSSR count). The van der Waals surface area contributed by atoms with E-state index in [-0.39, 0.29) is 12.3 Å². The first-order valence-electron chi connectivity index (χ1n) is 7.21. The van der Waals surface area contributed by atoms with E-state index in [0.29, 0.717) is 17.9 Å². The Hall–Kier alpha value is -2.62. The normalized spacial score (nSPS) is 10.1. The summed E-state index contributed by atoms with van der Waals surface area (Å²) >= 11 is 0. The van der Waals surface area contributed by atoms with Gasteiger partial charge in [-0.25, -0.2) is 4.79 Å². The van der Waals surface area contributed by atoms with Crippen LogP contribution in [0.4, 0.5) is 5.69 Å². The molecule has 4 heteroatoms. The Morgan fingerprint density at radius 3 is 2.41 bits per heavy atom. The van der Waals surface area contributed by atoms with Gasteiger partial charge in [0.15, 0.2) is 0 Å². The number of para-hydroxylation sites is 1. The largest absolute Gasteiger partial charge is 0.462 e. The number of amides is 1. The lowest BCUT2D eigenvalue weighted by Crippen LogP contribution is -2.17. The molecule has 114 valence electrons. The third-order valence-electron chi connectivity index (χ3n) is 3.18. The Balaban J connectivity index is 2.08. The number of anilines is 1. The van der Waals surface area contributed by atoms with Gasteiger partial charge in [-0.15, -0.1) is 0 Å². The molecule has 2 aromatic rings. The topological polar surface area (TPSA) is 55.4 Å². The molecule has 1 N–H and O–H groups in total. The van der Waals surface area contributed by atoms with Crippen molar-refractivity contribution in [2.75, 3.05) is 11.9 Å². The van der Waals surface area contributed by atoms with Crippen LogP contribution >= 0.6 is 0 Å². The summed E-state index contributed by atoms with van der Waals surface area (Å²) in [7, 11) is 0. The molecular formula is C18H19NO3. The van der Waals surface area contributed by atoms with Gasteiger partial charge in [0, 0.05) is 0 Å². The molecule has 0 unspecified atom stereocenters. The SMILES string of the molecule is CCOC(=O)c1ccccc1NC(=O)Cc1ccc(C)cc1. The number of hydrogen-bond acceptors (Lipinski definition) is 3. The summed E-state index contributed by atoms with van der Waals surface area (Å²) in [5.74, 6) is -0.602. The summed E-state index contributed by atoms with van der Waals surface area (Å²) in [4.78, 5) is 24.0. The first-order valence-corrected chi connectivity index (χ1v) is 7.21. The highest BCUT2D eigenvalue weighted by molar-refractivity contribution is 6.01. The lowest BCUT2D eigenvalue weighted by atomic mass is 10.1. The minimum atomic E-state index is -0.436. The van der Waals surface area contributed by atoms with E-state index in [4.69, 9.17) is 4.74 Å². The average molecular weight is 297 g/mol. The zero-order valence-electron chi connectivity index (χ0n) is 12.8. The minimum absolute atomic E-state index is 0.166. The van der Waals surface area contributed by atoms with Gasteiger partial charge in [0.25, 0.3) is 0 Å². The molecule has 0 aliphatic rings. The van der Waals surface area contributed by atoms with Crippen LogP contribution in [0.2, 0.25) is 0 Å². The van der Waals surface area contributed by atoms with Crippen molar-refractivity contribution < 1.29 is 14.3 Å². The molecule has 4 nitrogen and oxygen atoms in total. The molecule has 0 aliphatic heterocycles. The highest BCUT2D eigenvalue weighted by Crippen LogP contribution is 2.17. The zero-order valence-corrected chi connectivity index (χ0v) is 12.8. The molecule has 0 radical (unpaired) electrons. The highest BCUT2D eigenvalue weighted by Gasteiger charge is 2.14. The van der Waals surface area contributed by atoms with Gasteiger partial charge in [-0.1, -0.05) is 42.0 Å². The van der Waals surface area contributed by atoms with Gasteiger partial charge in [0.2, 0.25) is 5.91 Å². The van der Waals surface area contributed by atoms with Gasteiger partial charge in [-0.3, -0.25) is 4.79 Å². The Morgan fingerprint density at radius 1 is 1.05 bits per heavy atom. The molecule has 0 saturated heterocycles. The highest BCUT2D eigenvalue weighted by atomic mass is 16.5. The van der Waals surface area contributed by atoms with Crippen molar-refractivity contribution in [1.29, 1.82) is 0 Å². The molecular weight excluding hydrogens is 278 g/mol. The maximum Gasteiger partial charge on any atom is 0.340 e. The van der Waals surface area contributed by atoms with E-state index in [1.165, 1.54) is 0 Å². The van der Waals surface area contributed by atoms with E-state index >= 15 is 0 Å². The summed E-state index contributed by atoms with van der Waals surface area (Å²) in [6.07, 6.45) is 0.261. The molecule has 22 heavy (non-hydrogen) atoms. The van der Waals surface area contributed by atoms with Crippen molar-refractivity contribution in [3.8, 4) is 0 Å². The maximum absolute atomic E-state index is 12.1. The number of ether oxygens (including phenoxy) is 1. The van der Waals surface area contributed by atoms with E-state index in [1.807, 2.05) is 31.2 Å². The molecule has 0 fully saturated rings. The Labute approximate surface area is 130 Å². The van der Waals surface area contributed by atoms with Crippen LogP contribution in [0.5, 0.6) is 0 Å². The third-order valence-corrected chi connectivity index (χ3v) is 3.18. The van der Waals surface area contributed by atoms with Crippen LogP contribution in [0.3, 0.4) is 0 Å². The van der Waals surface area contributed by atoms with Crippen LogP contribution in [0, 0.1) is 6.92 Å². The number of carbonyl (C=O) groups is 2. The van der Waals surface area contributed by atoms with Gasteiger partial charge < -0.3 is 10.1 Å². The van der Waals surface area contributed by atoms with Crippen molar-refractivity contribution in [2.24, 2.45) is 0 Å². The Kier molecular flexibility index (Phi) is 5.31. The Bertz CT molecular complexity index is 662. The van der Waals surface area contributed by atoms with E-state index in [2.05, 4.69) is 5.32 Å². The fraction of sp³-hybridized carbons (Fsp3) is 0.222. The third kappa shape index (κ3) is 4.19. The van der Waals surface area contributed by atoms with Crippen LogP contribution in [-0.2, 0) is 16.0 Å². The lowest BCUT2D eigenvalue weighted by molar-refractivity contribution is -0.115. The van der Waals surface area contributed by atoms with Crippen LogP contribution in [0.15, 0.2) is 48.5 Å². The minimum Gasteiger partial charge on any atom is -0.462 e. The van der Waals surface area contributed by atoms with E-state index in [0.717, 1.165) is 11.1 Å². The molecule has 0 saturated carbocycles. The van der Waals surface area contributed by atoms with Crippen molar-refractivity contribution in [1.82, 2.24) is 0 Å². The van der Waals surface area contributed by atoms with E-state index < -0.39 is 5.97 Å². The fourth-order valence-corrected chi connectivity index (χ4v) is 2.06. The van der Waals surface area contributed by atoms with E-state index in [1.54, 1.807) is 31.2 Å². The number of carbonyl (C=O) groups excluding carboxylic acids is 2. The summed E-state index contributed by atoms with van der Waals surface area (Å²) < 4.78 is 4.99. The standard InChI is InChI=1S/C18H19NO3/c1-3-22-18(21)15-6-4-5-7-16(15)19-17(20)12-14-10-8-13(2)9-11-14/h4-11H,3,12H2,1-2H3,(H,19,20). The fourth-order valence-electron chi connectivity index (χ4n) is 2.06. The first-order chi connectivity index (χ1) is 10.6. The summed E-state index contributed by atoms with van der Waals surface area (Å²) in [5.41, 5.74) is 2.91. The average Bonchev–Trinajstić information content (AvgIpc) is 2.50. The van der Waals surface area contributed by atoms with Gasteiger partial charge in [0.05, 0.1) is 24.3 Å². The van der Waals surface area contributed by atoms with Gasteiger partial charge in [-0.05, 0) is 31.5 Å². The second kappa shape index (κ2) is 7.41. The molecule has 0 aliphatic carbocycles. The second-order valence-corrected chi connectivity index (χ2v) is 4.98. The maximum atomic E-state index is 12.1. The van der Waals surface area contributed by atoms with Crippen molar-refractivity contribution >= 4 is 17.6 Å². The van der Waals surface area contributed by atoms with Crippen LogP contribution < -0.4 is 5.32 Å².